The third-order valence-electron chi connectivity index (χ3n) is 3.54. The monoisotopic (exact) mass is 275 g/mol. The molecule has 0 saturated carbocycles. The minimum atomic E-state index is -0.286. The highest BCUT2D eigenvalue weighted by Gasteiger charge is 2.18. The molecule has 0 aliphatic carbocycles. The van der Waals surface area contributed by atoms with Gasteiger partial charge in [0.15, 0.2) is 5.76 Å². The first-order valence-corrected chi connectivity index (χ1v) is 6.88. The van der Waals surface area contributed by atoms with E-state index >= 15 is 0 Å². The minimum Gasteiger partial charge on any atom is -0.356 e. The Bertz CT molecular complexity index is 584. The van der Waals surface area contributed by atoms with Crippen molar-refractivity contribution in [1.29, 1.82) is 0 Å². The Morgan fingerprint density at radius 2 is 2.30 bits per heavy atom. The molecule has 1 saturated heterocycles. The average molecular weight is 275 g/mol. The van der Waals surface area contributed by atoms with E-state index < -0.39 is 0 Å². The number of halogens is 1. The predicted molar refractivity (Wildman–Crippen MR) is 74.6 cm³/mol. The second-order valence-corrected chi connectivity index (χ2v) is 5.25. The van der Waals surface area contributed by atoms with Crippen molar-refractivity contribution in [3.63, 3.8) is 0 Å². The minimum absolute atomic E-state index is 0.286. The summed E-state index contributed by atoms with van der Waals surface area (Å²) in [5.41, 5.74) is 1.30. The van der Waals surface area contributed by atoms with Gasteiger partial charge < -0.3 is 9.84 Å². The molecule has 1 aliphatic rings. The highest BCUT2D eigenvalue weighted by Crippen LogP contribution is 2.23. The van der Waals surface area contributed by atoms with Crippen molar-refractivity contribution in [3.05, 3.63) is 41.8 Å². The summed E-state index contributed by atoms with van der Waals surface area (Å²) >= 11 is 0. The zero-order valence-corrected chi connectivity index (χ0v) is 11.5. The lowest BCUT2D eigenvalue weighted by atomic mass is 10.1. The summed E-state index contributed by atoms with van der Waals surface area (Å²) in [4.78, 5) is 2.32. The van der Waals surface area contributed by atoms with Crippen LogP contribution in [-0.2, 0) is 6.54 Å². The van der Waals surface area contributed by atoms with E-state index in [0.29, 0.717) is 17.4 Å². The molecule has 0 bridgehead atoms. The van der Waals surface area contributed by atoms with Gasteiger partial charge in [-0.3, -0.25) is 4.90 Å². The van der Waals surface area contributed by atoms with Crippen LogP contribution >= 0.6 is 0 Å². The quantitative estimate of drug-likeness (QED) is 0.933. The maximum atomic E-state index is 13.7. The first-order valence-electron chi connectivity index (χ1n) is 6.88. The number of nitrogens with one attached hydrogen (secondary N) is 1. The molecular formula is C15H18FN3O. The maximum Gasteiger partial charge on any atom is 0.170 e. The largest absolute Gasteiger partial charge is 0.356 e. The Kier molecular flexibility index (Phi) is 3.80. The Morgan fingerprint density at radius 1 is 1.45 bits per heavy atom. The van der Waals surface area contributed by atoms with Gasteiger partial charge in [0.2, 0.25) is 0 Å². The molecule has 1 aromatic heterocycles. The number of benzene rings is 1. The van der Waals surface area contributed by atoms with Crippen LogP contribution < -0.4 is 5.32 Å². The molecule has 5 heteroatoms. The molecule has 0 spiro atoms. The lowest BCUT2D eigenvalue weighted by molar-refractivity contribution is 0.195. The zero-order valence-electron chi connectivity index (χ0n) is 11.5. The van der Waals surface area contributed by atoms with Crippen LogP contribution in [0.1, 0.15) is 12.6 Å². The fourth-order valence-electron chi connectivity index (χ4n) is 2.56. The standard InChI is InChI=1S/C15H18FN3O/c1-11-9-19(7-6-17-11)10-12-8-15(20-18-12)13-4-2-3-5-14(13)16/h2-5,8,11,17H,6-7,9-10H2,1H3/t11-/m0/s1. The molecule has 20 heavy (non-hydrogen) atoms. The molecule has 1 aromatic carbocycles. The van der Waals surface area contributed by atoms with Gasteiger partial charge >= 0.3 is 0 Å². The van der Waals surface area contributed by atoms with Crippen LogP contribution in [0.25, 0.3) is 11.3 Å². The van der Waals surface area contributed by atoms with Crippen molar-refractivity contribution >= 4 is 0 Å². The second kappa shape index (κ2) is 5.73. The first kappa shape index (κ1) is 13.3. The molecule has 1 N–H and O–H groups in total. The fraction of sp³-hybridized carbons (Fsp3) is 0.400. The van der Waals surface area contributed by atoms with Crippen molar-refractivity contribution in [3.8, 4) is 11.3 Å². The highest BCUT2D eigenvalue weighted by atomic mass is 19.1. The third-order valence-corrected chi connectivity index (χ3v) is 3.54. The van der Waals surface area contributed by atoms with Crippen molar-refractivity contribution in [2.24, 2.45) is 0 Å². The molecule has 3 rings (SSSR count). The van der Waals surface area contributed by atoms with E-state index in [0.717, 1.165) is 31.9 Å². The summed E-state index contributed by atoms with van der Waals surface area (Å²) in [6, 6.07) is 8.89. The molecule has 2 heterocycles. The molecule has 1 fully saturated rings. The summed E-state index contributed by atoms with van der Waals surface area (Å²) < 4.78 is 19.0. The van der Waals surface area contributed by atoms with Gasteiger partial charge in [-0.1, -0.05) is 17.3 Å². The van der Waals surface area contributed by atoms with E-state index in [9.17, 15) is 4.39 Å². The van der Waals surface area contributed by atoms with E-state index in [-0.39, 0.29) is 5.82 Å². The molecule has 106 valence electrons. The molecular weight excluding hydrogens is 257 g/mol. The molecule has 1 atom stereocenters. The molecule has 0 radical (unpaired) electrons. The number of piperazine rings is 1. The van der Waals surface area contributed by atoms with Gasteiger partial charge in [0, 0.05) is 38.3 Å². The molecule has 4 nitrogen and oxygen atoms in total. The Hall–Kier alpha value is -1.72. The fourth-order valence-corrected chi connectivity index (χ4v) is 2.56. The van der Waals surface area contributed by atoms with Gasteiger partial charge in [-0.2, -0.15) is 0 Å². The van der Waals surface area contributed by atoms with E-state index in [1.54, 1.807) is 18.2 Å². The molecule has 0 amide bonds. The van der Waals surface area contributed by atoms with Gasteiger partial charge in [-0.15, -0.1) is 0 Å². The van der Waals surface area contributed by atoms with E-state index in [1.807, 2.05) is 6.07 Å². The summed E-state index contributed by atoms with van der Waals surface area (Å²) in [6.07, 6.45) is 0. The van der Waals surface area contributed by atoms with Crippen LogP contribution in [0.2, 0.25) is 0 Å². The van der Waals surface area contributed by atoms with E-state index in [4.69, 9.17) is 4.52 Å². The predicted octanol–water partition coefficient (Wildman–Crippen LogP) is 2.27. The summed E-state index contributed by atoms with van der Waals surface area (Å²) in [6.45, 7) is 5.87. The SMILES string of the molecule is C[C@H]1CN(Cc2cc(-c3ccccc3F)on2)CCN1. The smallest absolute Gasteiger partial charge is 0.170 e. The van der Waals surface area contributed by atoms with E-state index in [1.165, 1.54) is 6.07 Å². The van der Waals surface area contributed by atoms with E-state index in [2.05, 4.69) is 22.3 Å². The Labute approximate surface area is 117 Å². The Morgan fingerprint density at radius 3 is 3.10 bits per heavy atom. The lowest BCUT2D eigenvalue weighted by Crippen LogP contribution is -2.48. The van der Waals surface area contributed by atoms with Gasteiger partial charge in [-0.05, 0) is 19.1 Å². The van der Waals surface area contributed by atoms with Gasteiger partial charge in [0.25, 0.3) is 0 Å². The number of nitrogens with zero attached hydrogens (tertiary/aromatic N) is 2. The summed E-state index contributed by atoms with van der Waals surface area (Å²) in [5, 5.41) is 7.45. The van der Waals surface area contributed by atoms with Crippen LogP contribution in [0.3, 0.4) is 0 Å². The third kappa shape index (κ3) is 2.89. The normalized spacial score (nSPS) is 20.2. The Balaban J connectivity index is 1.72. The van der Waals surface area contributed by atoms with Crippen molar-refractivity contribution in [2.45, 2.75) is 19.5 Å². The highest BCUT2D eigenvalue weighted by molar-refractivity contribution is 5.57. The van der Waals surface area contributed by atoms with Crippen molar-refractivity contribution in [1.82, 2.24) is 15.4 Å². The van der Waals surface area contributed by atoms with Crippen LogP contribution in [0.4, 0.5) is 4.39 Å². The molecule has 2 aromatic rings. The summed E-state index contributed by atoms with van der Waals surface area (Å²) in [5.74, 6) is 0.201. The van der Waals surface area contributed by atoms with Crippen LogP contribution in [-0.4, -0.2) is 35.7 Å². The maximum absolute atomic E-state index is 13.7. The number of hydrogen-bond donors (Lipinski definition) is 1. The van der Waals surface area contributed by atoms with Gasteiger partial charge in [0.1, 0.15) is 5.82 Å². The number of rotatable bonds is 3. The van der Waals surface area contributed by atoms with Crippen LogP contribution in [0, 0.1) is 5.82 Å². The zero-order chi connectivity index (χ0) is 13.9. The van der Waals surface area contributed by atoms with Crippen molar-refractivity contribution in [2.75, 3.05) is 19.6 Å². The lowest BCUT2D eigenvalue weighted by Gasteiger charge is -2.30. The van der Waals surface area contributed by atoms with Crippen LogP contribution in [0.15, 0.2) is 34.9 Å². The van der Waals surface area contributed by atoms with Crippen molar-refractivity contribution < 1.29 is 8.91 Å². The van der Waals surface area contributed by atoms with Crippen LogP contribution in [0.5, 0.6) is 0 Å². The number of aromatic nitrogens is 1. The number of hydrogen-bond acceptors (Lipinski definition) is 4. The average Bonchev–Trinajstić information content (AvgIpc) is 2.87. The van der Waals surface area contributed by atoms with Gasteiger partial charge in [0.05, 0.1) is 11.3 Å². The summed E-state index contributed by atoms with van der Waals surface area (Å²) in [7, 11) is 0. The molecule has 1 aliphatic heterocycles. The second-order valence-electron chi connectivity index (χ2n) is 5.25. The van der Waals surface area contributed by atoms with Gasteiger partial charge in [-0.25, -0.2) is 4.39 Å². The first-order chi connectivity index (χ1) is 9.72. The topological polar surface area (TPSA) is 41.3 Å². The molecule has 0 unspecified atom stereocenters.